The van der Waals surface area contributed by atoms with E-state index in [4.69, 9.17) is 5.73 Å². The Morgan fingerprint density at radius 3 is 2.82 bits per heavy atom. The van der Waals surface area contributed by atoms with E-state index in [2.05, 4.69) is 26.2 Å². The summed E-state index contributed by atoms with van der Waals surface area (Å²) in [6.45, 7) is 0.674. The first-order valence-electron chi connectivity index (χ1n) is 7.44. The van der Waals surface area contributed by atoms with E-state index in [1.54, 1.807) is 6.20 Å². The fourth-order valence-electron chi connectivity index (χ4n) is 2.81. The first-order valence-corrected chi connectivity index (χ1v) is 8.23. The third kappa shape index (κ3) is 3.56. The van der Waals surface area contributed by atoms with Crippen LogP contribution in [0.3, 0.4) is 0 Å². The molecule has 1 aromatic heterocycles. The average Bonchev–Trinajstić information content (AvgIpc) is 3.11. The van der Waals surface area contributed by atoms with E-state index in [1.807, 2.05) is 35.0 Å². The molecule has 1 aliphatic rings. The van der Waals surface area contributed by atoms with Gasteiger partial charge in [0.1, 0.15) is 0 Å². The lowest BCUT2D eigenvalue weighted by Gasteiger charge is -2.12. The molecule has 0 saturated heterocycles. The average molecular weight is 363 g/mol. The van der Waals surface area contributed by atoms with Gasteiger partial charge < -0.3 is 10.3 Å². The Morgan fingerprint density at radius 2 is 2.14 bits per heavy atom. The smallest absolute Gasteiger partial charge is 0.229 e. The summed E-state index contributed by atoms with van der Waals surface area (Å²) in [4.78, 5) is 16.5. The molecule has 1 fully saturated rings. The van der Waals surface area contributed by atoms with Gasteiger partial charge in [-0.1, -0.05) is 28.1 Å². The van der Waals surface area contributed by atoms with Gasteiger partial charge in [-0.15, -0.1) is 0 Å². The van der Waals surface area contributed by atoms with Crippen molar-refractivity contribution in [3.8, 4) is 0 Å². The van der Waals surface area contributed by atoms with Gasteiger partial charge in [-0.05, 0) is 37.0 Å². The Hall–Kier alpha value is -1.66. The Morgan fingerprint density at radius 1 is 1.36 bits per heavy atom. The number of carbonyl (C=O) groups is 1. The van der Waals surface area contributed by atoms with E-state index in [9.17, 15) is 4.79 Å². The molecule has 22 heavy (non-hydrogen) atoms. The molecule has 2 atom stereocenters. The summed E-state index contributed by atoms with van der Waals surface area (Å²) < 4.78 is 2.99. The van der Waals surface area contributed by atoms with Crippen molar-refractivity contribution in [3.63, 3.8) is 0 Å². The van der Waals surface area contributed by atoms with Crippen LogP contribution in [0.1, 0.15) is 24.8 Å². The molecule has 6 heteroatoms. The number of anilines is 1. The third-order valence-electron chi connectivity index (χ3n) is 4.06. The molecule has 0 bridgehead atoms. The Kier molecular flexibility index (Phi) is 4.59. The van der Waals surface area contributed by atoms with Crippen LogP contribution in [0, 0.1) is 5.92 Å². The van der Waals surface area contributed by atoms with E-state index < -0.39 is 0 Å². The van der Waals surface area contributed by atoms with Crippen molar-refractivity contribution in [2.45, 2.75) is 31.8 Å². The van der Waals surface area contributed by atoms with Crippen LogP contribution >= 0.6 is 15.9 Å². The zero-order valence-corrected chi connectivity index (χ0v) is 13.8. The summed E-state index contributed by atoms with van der Waals surface area (Å²) in [5, 5.41) is 2.93. The highest BCUT2D eigenvalue weighted by molar-refractivity contribution is 9.10. The summed E-state index contributed by atoms with van der Waals surface area (Å²) in [6, 6.07) is 8.25. The third-order valence-corrected chi connectivity index (χ3v) is 4.59. The van der Waals surface area contributed by atoms with Gasteiger partial charge in [0.2, 0.25) is 11.9 Å². The molecular formula is C16H19BrN4O. The van der Waals surface area contributed by atoms with Crippen LogP contribution in [0.15, 0.2) is 41.1 Å². The largest absolute Gasteiger partial charge is 0.328 e. The summed E-state index contributed by atoms with van der Waals surface area (Å²) in [5.41, 5.74) is 7.03. The van der Waals surface area contributed by atoms with Crippen LogP contribution < -0.4 is 11.1 Å². The van der Waals surface area contributed by atoms with Crippen LogP contribution in [0.4, 0.5) is 5.95 Å². The van der Waals surface area contributed by atoms with Crippen molar-refractivity contribution in [2.75, 3.05) is 5.32 Å². The standard InChI is InChI=1S/C16H19BrN4O/c17-13-4-1-11(2-5-13)10-21-8-7-19-16(21)20-15(22)12-3-6-14(18)9-12/h1-2,4-5,7-8,12,14H,3,6,9-10,18H2,(H,19,20,22). The number of benzene rings is 1. The van der Waals surface area contributed by atoms with Gasteiger partial charge in [-0.2, -0.15) is 0 Å². The minimum Gasteiger partial charge on any atom is -0.328 e. The number of rotatable bonds is 4. The minimum atomic E-state index is 0.00725. The van der Waals surface area contributed by atoms with Crippen LogP contribution in [0.25, 0.3) is 0 Å². The van der Waals surface area contributed by atoms with E-state index in [-0.39, 0.29) is 17.9 Å². The Balaban J connectivity index is 1.67. The zero-order valence-electron chi connectivity index (χ0n) is 12.2. The molecule has 0 radical (unpaired) electrons. The highest BCUT2D eigenvalue weighted by Crippen LogP contribution is 2.25. The lowest BCUT2D eigenvalue weighted by molar-refractivity contribution is -0.119. The van der Waals surface area contributed by atoms with E-state index in [0.717, 1.165) is 29.3 Å². The number of nitrogens with one attached hydrogen (secondary N) is 1. The quantitative estimate of drug-likeness (QED) is 0.877. The van der Waals surface area contributed by atoms with Crippen LogP contribution in [-0.2, 0) is 11.3 Å². The second-order valence-electron chi connectivity index (χ2n) is 5.76. The van der Waals surface area contributed by atoms with Crippen molar-refractivity contribution >= 4 is 27.8 Å². The molecule has 0 spiro atoms. The second-order valence-corrected chi connectivity index (χ2v) is 6.68. The lowest BCUT2D eigenvalue weighted by atomic mass is 10.1. The highest BCUT2D eigenvalue weighted by Gasteiger charge is 2.28. The van der Waals surface area contributed by atoms with Crippen molar-refractivity contribution in [3.05, 3.63) is 46.7 Å². The van der Waals surface area contributed by atoms with Crippen molar-refractivity contribution in [1.82, 2.24) is 9.55 Å². The normalized spacial score (nSPS) is 21.0. The maximum Gasteiger partial charge on any atom is 0.229 e. The maximum atomic E-state index is 12.3. The number of hydrogen-bond donors (Lipinski definition) is 2. The molecule has 1 saturated carbocycles. The molecule has 2 aromatic rings. The van der Waals surface area contributed by atoms with Crippen LogP contribution in [-0.4, -0.2) is 21.5 Å². The van der Waals surface area contributed by atoms with E-state index in [1.165, 1.54) is 0 Å². The van der Waals surface area contributed by atoms with E-state index in [0.29, 0.717) is 12.5 Å². The molecule has 1 amide bonds. The summed E-state index contributed by atoms with van der Waals surface area (Å²) in [5.74, 6) is 0.623. The van der Waals surface area contributed by atoms with Gasteiger partial charge in [0.05, 0.1) is 6.54 Å². The number of nitrogens with two attached hydrogens (primary N) is 1. The molecule has 5 nitrogen and oxygen atoms in total. The lowest BCUT2D eigenvalue weighted by Crippen LogP contribution is -2.24. The molecule has 1 aliphatic carbocycles. The highest BCUT2D eigenvalue weighted by atomic mass is 79.9. The van der Waals surface area contributed by atoms with Gasteiger partial charge in [-0.25, -0.2) is 4.98 Å². The number of amides is 1. The minimum absolute atomic E-state index is 0.00725. The molecule has 0 aliphatic heterocycles. The SMILES string of the molecule is NC1CCC(C(=O)Nc2nccn2Cc2ccc(Br)cc2)C1. The second kappa shape index (κ2) is 6.62. The maximum absolute atomic E-state index is 12.3. The van der Waals surface area contributed by atoms with Gasteiger partial charge in [0, 0.05) is 28.8 Å². The first kappa shape index (κ1) is 15.2. The number of carbonyl (C=O) groups excluding carboxylic acids is 1. The van der Waals surface area contributed by atoms with Gasteiger partial charge in [-0.3, -0.25) is 10.1 Å². The zero-order chi connectivity index (χ0) is 15.5. The van der Waals surface area contributed by atoms with Crippen LogP contribution in [0.5, 0.6) is 0 Å². The predicted molar refractivity (Wildman–Crippen MR) is 89.4 cm³/mol. The van der Waals surface area contributed by atoms with Crippen molar-refractivity contribution < 1.29 is 4.79 Å². The number of imidazole rings is 1. The fraction of sp³-hybridized carbons (Fsp3) is 0.375. The predicted octanol–water partition coefficient (Wildman–Crippen LogP) is 2.76. The van der Waals surface area contributed by atoms with E-state index >= 15 is 0 Å². The van der Waals surface area contributed by atoms with Crippen molar-refractivity contribution in [1.29, 1.82) is 0 Å². The molecule has 3 rings (SSSR count). The number of halogens is 1. The van der Waals surface area contributed by atoms with Gasteiger partial charge in [0.15, 0.2) is 0 Å². The number of hydrogen-bond acceptors (Lipinski definition) is 3. The number of nitrogens with zero attached hydrogens (tertiary/aromatic N) is 2. The van der Waals surface area contributed by atoms with Crippen molar-refractivity contribution in [2.24, 2.45) is 11.7 Å². The summed E-state index contributed by atoms with van der Waals surface area (Å²) >= 11 is 3.43. The molecule has 116 valence electrons. The van der Waals surface area contributed by atoms with Gasteiger partial charge >= 0.3 is 0 Å². The molecule has 2 unspecified atom stereocenters. The monoisotopic (exact) mass is 362 g/mol. The Labute approximate surface area is 138 Å². The molecule has 1 aromatic carbocycles. The fourth-order valence-corrected chi connectivity index (χ4v) is 3.08. The summed E-state index contributed by atoms with van der Waals surface area (Å²) in [7, 11) is 0. The first-order chi connectivity index (χ1) is 10.6. The molecule has 1 heterocycles. The topological polar surface area (TPSA) is 72.9 Å². The summed E-state index contributed by atoms with van der Waals surface area (Å²) in [6.07, 6.45) is 6.12. The van der Waals surface area contributed by atoms with Crippen LogP contribution in [0.2, 0.25) is 0 Å². The Bertz CT molecular complexity index is 652. The molecular weight excluding hydrogens is 344 g/mol. The molecule has 3 N–H and O–H groups in total. The number of aromatic nitrogens is 2. The van der Waals surface area contributed by atoms with Gasteiger partial charge in [0.25, 0.3) is 0 Å².